The Labute approximate surface area is 159 Å². The van der Waals surface area contributed by atoms with Crippen LogP contribution in [0.15, 0.2) is 48.5 Å². The van der Waals surface area contributed by atoms with E-state index in [1.54, 1.807) is 13.2 Å². The Bertz CT molecular complexity index is 927. The molecule has 1 unspecified atom stereocenters. The topological polar surface area (TPSA) is 81.7 Å². The number of aryl methyl sites for hydroxylation is 1. The van der Waals surface area contributed by atoms with Crippen LogP contribution in [0.2, 0.25) is 0 Å². The molecule has 0 radical (unpaired) electrons. The average Bonchev–Trinajstić information content (AvgIpc) is 3.04. The molecule has 1 atom stereocenters. The molecule has 1 aliphatic rings. The van der Waals surface area contributed by atoms with Gasteiger partial charge in [0.25, 0.3) is 10.1 Å². The molecule has 0 saturated carbocycles. The van der Waals surface area contributed by atoms with Gasteiger partial charge >= 0.3 is 0 Å². The minimum absolute atomic E-state index is 0.230. The molecule has 27 heavy (non-hydrogen) atoms. The minimum Gasteiger partial charge on any atom is -0.497 e. The predicted octanol–water partition coefficient (Wildman–Crippen LogP) is 2.17. The third-order valence-electron chi connectivity index (χ3n) is 4.90. The molecule has 0 aliphatic heterocycles. The van der Waals surface area contributed by atoms with E-state index in [-0.39, 0.29) is 12.5 Å². The zero-order valence-electron chi connectivity index (χ0n) is 15.4. The highest BCUT2D eigenvalue weighted by Gasteiger charge is 2.46. The van der Waals surface area contributed by atoms with Gasteiger partial charge in [-0.25, -0.2) is 0 Å². The number of ether oxygens (including phenoxy) is 1. The second kappa shape index (κ2) is 7.70. The summed E-state index contributed by atoms with van der Waals surface area (Å²) in [5.41, 5.74) is 1.66. The summed E-state index contributed by atoms with van der Waals surface area (Å²) in [6.07, 6.45) is 2.14. The fourth-order valence-electron chi connectivity index (χ4n) is 3.44. The number of fused-ring (bicyclic) bond motifs is 1. The number of benzene rings is 2. The Kier molecular flexibility index (Phi) is 5.53. The van der Waals surface area contributed by atoms with Gasteiger partial charge in [0.05, 0.1) is 25.4 Å². The standard InChI is InChI=1S/C20H23NO5S/c1-25-17-9-8-16-10-11-20(18(16)12-17,14-26-27(2,23)24)19(22)21-13-15-6-4-3-5-7-15/h3-9,12H,10-11,13-14H2,1-2H3,(H,21,22). The van der Waals surface area contributed by atoms with E-state index in [1.165, 1.54) is 0 Å². The van der Waals surface area contributed by atoms with E-state index >= 15 is 0 Å². The first-order valence-electron chi connectivity index (χ1n) is 8.68. The van der Waals surface area contributed by atoms with Crippen molar-refractivity contribution in [3.8, 4) is 5.75 Å². The lowest BCUT2D eigenvalue weighted by atomic mass is 9.81. The van der Waals surface area contributed by atoms with E-state index in [2.05, 4.69) is 5.32 Å². The fraction of sp³-hybridized carbons (Fsp3) is 0.350. The molecular weight excluding hydrogens is 366 g/mol. The van der Waals surface area contributed by atoms with E-state index in [4.69, 9.17) is 8.92 Å². The van der Waals surface area contributed by atoms with Gasteiger partial charge in [0, 0.05) is 6.54 Å². The molecule has 0 spiro atoms. The summed E-state index contributed by atoms with van der Waals surface area (Å²) in [4.78, 5) is 13.2. The molecule has 3 rings (SSSR count). The largest absolute Gasteiger partial charge is 0.497 e. The molecule has 2 aromatic rings. The van der Waals surface area contributed by atoms with Gasteiger partial charge in [-0.3, -0.25) is 8.98 Å². The molecule has 0 bridgehead atoms. The highest BCUT2D eigenvalue weighted by atomic mass is 32.2. The number of hydrogen-bond donors (Lipinski definition) is 1. The van der Waals surface area contributed by atoms with Gasteiger partial charge in [-0.1, -0.05) is 36.4 Å². The van der Waals surface area contributed by atoms with Crippen molar-refractivity contribution >= 4 is 16.0 Å². The summed E-state index contributed by atoms with van der Waals surface area (Å²) in [7, 11) is -2.12. The molecule has 7 heteroatoms. The molecule has 1 amide bonds. The number of hydrogen-bond acceptors (Lipinski definition) is 5. The molecule has 0 fully saturated rings. The van der Waals surface area contributed by atoms with Crippen LogP contribution < -0.4 is 10.1 Å². The van der Waals surface area contributed by atoms with E-state index in [1.807, 2.05) is 42.5 Å². The first-order valence-corrected chi connectivity index (χ1v) is 10.5. The third kappa shape index (κ3) is 4.31. The van der Waals surface area contributed by atoms with Crippen LogP contribution in [0.3, 0.4) is 0 Å². The lowest BCUT2D eigenvalue weighted by Gasteiger charge is -2.28. The second-order valence-electron chi connectivity index (χ2n) is 6.74. The highest BCUT2D eigenvalue weighted by molar-refractivity contribution is 7.85. The van der Waals surface area contributed by atoms with Crippen LogP contribution in [0.4, 0.5) is 0 Å². The predicted molar refractivity (Wildman–Crippen MR) is 102 cm³/mol. The van der Waals surface area contributed by atoms with Crippen molar-refractivity contribution < 1.29 is 22.1 Å². The van der Waals surface area contributed by atoms with Gasteiger partial charge in [-0.15, -0.1) is 0 Å². The Morgan fingerprint density at radius 1 is 1.19 bits per heavy atom. The maximum Gasteiger partial charge on any atom is 0.264 e. The average molecular weight is 389 g/mol. The lowest BCUT2D eigenvalue weighted by Crippen LogP contribution is -2.46. The van der Waals surface area contributed by atoms with Crippen molar-refractivity contribution in [1.29, 1.82) is 0 Å². The second-order valence-corrected chi connectivity index (χ2v) is 8.38. The summed E-state index contributed by atoms with van der Waals surface area (Å²) in [5, 5.41) is 2.94. The quantitative estimate of drug-likeness (QED) is 0.734. The summed E-state index contributed by atoms with van der Waals surface area (Å²) < 4.78 is 33.6. The fourth-order valence-corrected chi connectivity index (χ4v) is 3.85. The molecule has 1 aliphatic carbocycles. The first kappa shape index (κ1) is 19.4. The van der Waals surface area contributed by atoms with Gasteiger partial charge < -0.3 is 10.1 Å². The van der Waals surface area contributed by atoms with Crippen molar-refractivity contribution in [3.05, 3.63) is 65.2 Å². The minimum atomic E-state index is -3.68. The molecule has 1 N–H and O–H groups in total. The van der Waals surface area contributed by atoms with E-state index in [0.717, 1.165) is 22.9 Å². The molecule has 6 nitrogen and oxygen atoms in total. The Morgan fingerprint density at radius 2 is 1.93 bits per heavy atom. The van der Waals surface area contributed by atoms with E-state index in [9.17, 15) is 13.2 Å². The van der Waals surface area contributed by atoms with Crippen LogP contribution in [0, 0.1) is 0 Å². The maximum atomic E-state index is 13.2. The Morgan fingerprint density at radius 3 is 2.59 bits per heavy atom. The monoisotopic (exact) mass is 389 g/mol. The van der Waals surface area contributed by atoms with Crippen molar-refractivity contribution in [3.63, 3.8) is 0 Å². The first-order chi connectivity index (χ1) is 12.8. The summed E-state index contributed by atoms with van der Waals surface area (Å²) in [6.45, 7) is 0.131. The van der Waals surface area contributed by atoms with Gasteiger partial charge in [-0.05, 0) is 41.7 Å². The number of carbonyl (C=O) groups excluding carboxylic acids is 1. The van der Waals surface area contributed by atoms with Crippen LogP contribution >= 0.6 is 0 Å². The zero-order valence-corrected chi connectivity index (χ0v) is 16.2. The van der Waals surface area contributed by atoms with Gasteiger partial charge in [-0.2, -0.15) is 8.42 Å². The van der Waals surface area contributed by atoms with Gasteiger partial charge in [0.2, 0.25) is 5.91 Å². The normalized spacial score (nSPS) is 18.7. The highest BCUT2D eigenvalue weighted by Crippen LogP contribution is 2.41. The van der Waals surface area contributed by atoms with Crippen LogP contribution in [-0.4, -0.2) is 34.3 Å². The van der Waals surface area contributed by atoms with Crippen molar-refractivity contribution in [2.45, 2.75) is 24.8 Å². The molecular formula is C20H23NO5S. The van der Waals surface area contributed by atoms with Crippen molar-refractivity contribution in [2.24, 2.45) is 0 Å². The van der Waals surface area contributed by atoms with Crippen LogP contribution in [0.25, 0.3) is 0 Å². The summed E-state index contributed by atoms with van der Waals surface area (Å²) in [5.74, 6) is 0.372. The Hall–Kier alpha value is -2.38. The number of methoxy groups -OCH3 is 1. The number of nitrogens with one attached hydrogen (secondary N) is 1. The van der Waals surface area contributed by atoms with Crippen molar-refractivity contribution in [1.82, 2.24) is 5.32 Å². The van der Waals surface area contributed by atoms with Crippen LogP contribution in [-0.2, 0) is 37.5 Å². The van der Waals surface area contributed by atoms with Gasteiger partial charge in [0.15, 0.2) is 0 Å². The SMILES string of the molecule is COc1ccc2c(c1)C(COS(C)(=O)=O)(C(=O)NCc1ccccc1)CC2. The summed E-state index contributed by atoms with van der Waals surface area (Å²) in [6, 6.07) is 15.1. The molecule has 0 heterocycles. The van der Waals surface area contributed by atoms with Gasteiger partial charge in [0.1, 0.15) is 5.75 Å². The lowest BCUT2D eigenvalue weighted by molar-refractivity contribution is -0.128. The maximum absolute atomic E-state index is 13.2. The van der Waals surface area contributed by atoms with Crippen LogP contribution in [0.1, 0.15) is 23.1 Å². The van der Waals surface area contributed by atoms with E-state index < -0.39 is 15.5 Å². The molecule has 144 valence electrons. The molecule has 0 aromatic heterocycles. The Balaban J connectivity index is 1.91. The molecule has 2 aromatic carbocycles. The summed E-state index contributed by atoms with van der Waals surface area (Å²) >= 11 is 0. The number of rotatable bonds is 7. The third-order valence-corrected chi connectivity index (χ3v) is 5.45. The smallest absolute Gasteiger partial charge is 0.264 e. The number of carbonyl (C=O) groups is 1. The van der Waals surface area contributed by atoms with Crippen molar-refractivity contribution in [2.75, 3.05) is 20.0 Å². The zero-order chi connectivity index (χ0) is 19.5. The van der Waals surface area contributed by atoms with Crippen LogP contribution in [0.5, 0.6) is 5.75 Å². The van der Waals surface area contributed by atoms with E-state index in [0.29, 0.717) is 25.1 Å². The number of amides is 1. The molecule has 0 saturated heterocycles.